The van der Waals surface area contributed by atoms with Crippen LogP contribution in [0.1, 0.15) is 6.92 Å². The van der Waals surface area contributed by atoms with Gasteiger partial charge in [-0.3, -0.25) is 0 Å². The number of ether oxygens (including phenoxy) is 1. The van der Waals surface area contributed by atoms with Gasteiger partial charge in [-0.1, -0.05) is 12.1 Å². The summed E-state index contributed by atoms with van der Waals surface area (Å²) >= 11 is 0. The predicted molar refractivity (Wildman–Crippen MR) is 51.8 cm³/mol. The third-order valence-corrected chi connectivity index (χ3v) is 1.76. The normalized spacial score (nSPS) is 9.38. The van der Waals surface area contributed by atoms with Crippen molar-refractivity contribution in [3.05, 3.63) is 29.2 Å². The van der Waals surface area contributed by atoms with Crippen LogP contribution in [0.3, 0.4) is 0 Å². The first-order valence-electron chi connectivity index (χ1n) is 4.07. The number of para-hydroxylation sites is 2. The molecule has 0 atom stereocenters. The van der Waals surface area contributed by atoms with E-state index >= 15 is 0 Å². The zero-order valence-corrected chi connectivity index (χ0v) is 7.73. The highest BCUT2D eigenvalue weighted by Crippen LogP contribution is 2.27. The van der Waals surface area contributed by atoms with Gasteiger partial charge in [0, 0.05) is 6.54 Å². The van der Waals surface area contributed by atoms with Crippen LogP contribution >= 0.6 is 0 Å². The minimum atomic E-state index is 0.532. The van der Waals surface area contributed by atoms with Crippen LogP contribution in [-0.2, 0) is 0 Å². The van der Waals surface area contributed by atoms with Gasteiger partial charge in [-0.2, -0.15) is 0 Å². The average molecular weight is 180 g/mol. The zero-order chi connectivity index (χ0) is 9.68. The van der Waals surface area contributed by atoms with Crippen LogP contribution in [0.15, 0.2) is 29.6 Å². The largest absolute Gasteiger partial charge is 0.495 e. The van der Waals surface area contributed by atoms with Crippen LogP contribution in [0.25, 0.3) is 0 Å². The molecule has 0 amide bonds. The summed E-state index contributed by atoms with van der Waals surface area (Å²) in [5.74, 6) is 0.656. The van der Waals surface area contributed by atoms with E-state index in [0.29, 0.717) is 18.0 Å². The highest BCUT2D eigenvalue weighted by molar-refractivity contribution is 5.57. The topological polar surface area (TPSA) is 41.9 Å². The quantitative estimate of drug-likeness (QED) is 0.527. The minimum absolute atomic E-state index is 0.532. The highest BCUT2D eigenvalue weighted by Gasteiger charge is 2.08. The standard InChI is InChI=1S/C9H12N2O2/c1-3-11(10-12)8-6-4-5-7-9(8)13-2/h4-7H,3H2,1-2H3. The van der Waals surface area contributed by atoms with Gasteiger partial charge in [-0.05, 0) is 19.1 Å². The monoisotopic (exact) mass is 180 g/mol. The lowest BCUT2D eigenvalue weighted by atomic mass is 10.3. The van der Waals surface area contributed by atoms with Crippen molar-refractivity contribution in [2.24, 2.45) is 5.29 Å². The molecule has 1 aromatic rings. The zero-order valence-electron chi connectivity index (χ0n) is 7.73. The molecule has 0 aromatic heterocycles. The average Bonchev–Trinajstić information content (AvgIpc) is 2.20. The molecule has 0 aliphatic rings. The van der Waals surface area contributed by atoms with Gasteiger partial charge in [0.25, 0.3) is 0 Å². The van der Waals surface area contributed by atoms with Gasteiger partial charge in [0.15, 0.2) is 0 Å². The first kappa shape index (κ1) is 9.51. The Labute approximate surface area is 77.1 Å². The van der Waals surface area contributed by atoms with Crippen molar-refractivity contribution >= 4 is 5.69 Å². The van der Waals surface area contributed by atoms with Crippen molar-refractivity contribution < 1.29 is 4.74 Å². The Balaban J connectivity index is 3.03. The third kappa shape index (κ3) is 1.96. The van der Waals surface area contributed by atoms with Gasteiger partial charge >= 0.3 is 0 Å². The molecule has 0 saturated heterocycles. The van der Waals surface area contributed by atoms with Crippen LogP contribution in [-0.4, -0.2) is 13.7 Å². The second kappa shape index (κ2) is 4.45. The molecule has 1 aromatic carbocycles. The molecule has 70 valence electrons. The number of benzene rings is 1. The number of rotatable bonds is 4. The maximum atomic E-state index is 10.4. The molecule has 0 aliphatic heterocycles. The minimum Gasteiger partial charge on any atom is -0.495 e. The van der Waals surface area contributed by atoms with Crippen LogP contribution in [0.4, 0.5) is 5.69 Å². The molecule has 4 nitrogen and oxygen atoms in total. The maximum absolute atomic E-state index is 10.4. The molecule has 13 heavy (non-hydrogen) atoms. The summed E-state index contributed by atoms with van der Waals surface area (Å²) < 4.78 is 5.09. The molecule has 0 spiro atoms. The molecule has 0 saturated carbocycles. The number of methoxy groups -OCH3 is 1. The van der Waals surface area contributed by atoms with Crippen LogP contribution in [0, 0.1) is 4.91 Å². The Bertz CT molecular complexity index is 289. The Morgan fingerprint density at radius 1 is 1.46 bits per heavy atom. The summed E-state index contributed by atoms with van der Waals surface area (Å²) in [5, 5.41) is 4.23. The summed E-state index contributed by atoms with van der Waals surface area (Å²) in [6.07, 6.45) is 0. The summed E-state index contributed by atoms with van der Waals surface area (Å²) in [4.78, 5) is 10.4. The maximum Gasteiger partial charge on any atom is 0.144 e. The van der Waals surface area contributed by atoms with E-state index in [-0.39, 0.29) is 0 Å². The lowest BCUT2D eigenvalue weighted by molar-refractivity contribution is 0.414. The van der Waals surface area contributed by atoms with E-state index in [2.05, 4.69) is 5.29 Å². The summed E-state index contributed by atoms with van der Waals surface area (Å²) in [5.41, 5.74) is 0.697. The van der Waals surface area contributed by atoms with Crippen LogP contribution in [0.2, 0.25) is 0 Å². The van der Waals surface area contributed by atoms with Crippen molar-refractivity contribution in [1.29, 1.82) is 0 Å². The fourth-order valence-corrected chi connectivity index (χ4v) is 1.12. The van der Waals surface area contributed by atoms with E-state index in [0.717, 1.165) is 0 Å². The van der Waals surface area contributed by atoms with Crippen LogP contribution in [0.5, 0.6) is 5.75 Å². The predicted octanol–water partition coefficient (Wildman–Crippen LogP) is 2.20. The molecular formula is C9H12N2O2. The number of hydrogen-bond acceptors (Lipinski definition) is 3. The van der Waals surface area contributed by atoms with Gasteiger partial charge in [0.1, 0.15) is 11.4 Å². The van der Waals surface area contributed by atoms with E-state index in [1.54, 1.807) is 19.2 Å². The van der Waals surface area contributed by atoms with Crippen molar-refractivity contribution in [3.8, 4) is 5.75 Å². The van der Waals surface area contributed by atoms with E-state index in [9.17, 15) is 4.91 Å². The van der Waals surface area contributed by atoms with Crippen molar-refractivity contribution in [3.63, 3.8) is 0 Å². The molecule has 1 rings (SSSR count). The van der Waals surface area contributed by atoms with Crippen molar-refractivity contribution in [2.45, 2.75) is 6.92 Å². The Hall–Kier alpha value is -1.58. The van der Waals surface area contributed by atoms with Crippen molar-refractivity contribution in [2.75, 3.05) is 18.7 Å². The molecule has 0 radical (unpaired) electrons. The molecular weight excluding hydrogens is 168 g/mol. The van der Waals surface area contributed by atoms with Gasteiger partial charge < -0.3 is 4.74 Å². The Morgan fingerprint density at radius 2 is 2.15 bits per heavy atom. The van der Waals surface area contributed by atoms with Gasteiger partial charge in [0.2, 0.25) is 0 Å². The molecule has 0 heterocycles. The first-order chi connectivity index (χ1) is 6.33. The Morgan fingerprint density at radius 3 is 2.69 bits per heavy atom. The van der Waals surface area contributed by atoms with Gasteiger partial charge in [0.05, 0.1) is 12.4 Å². The smallest absolute Gasteiger partial charge is 0.144 e. The molecule has 0 fully saturated rings. The van der Waals surface area contributed by atoms with Crippen LogP contribution < -0.4 is 9.75 Å². The third-order valence-electron chi connectivity index (χ3n) is 1.76. The number of hydrogen-bond donors (Lipinski definition) is 0. The number of nitrogens with zero attached hydrogens (tertiary/aromatic N) is 2. The number of nitroso groups, excluding NO2 is 1. The fourth-order valence-electron chi connectivity index (χ4n) is 1.12. The lowest BCUT2D eigenvalue weighted by Gasteiger charge is -2.15. The van der Waals surface area contributed by atoms with E-state index in [1.807, 2.05) is 19.1 Å². The van der Waals surface area contributed by atoms with E-state index in [1.165, 1.54) is 5.01 Å². The van der Waals surface area contributed by atoms with Crippen molar-refractivity contribution in [1.82, 2.24) is 0 Å². The summed E-state index contributed by atoms with van der Waals surface area (Å²) in [6.45, 7) is 2.39. The van der Waals surface area contributed by atoms with Gasteiger partial charge in [-0.25, -0.2) is 5.01 Å². The molecule has 0 unspecified atom stereocenters. The molecule has 4 heteroatoms. The van der Waals surface area contributed by atoms with Gasteiger partial charge in [-0.15, -0.1) is 4.91 Å². The SMILES string of the molecule is CCN(N=O)c1ccccc1OC. The molecule has 0 aliphatic carbocycles. The molecule has 0 bridgehead atoms. The fraction of sp³-hybridized carbons (Fsp3) is 0.333. The summed E-state index contributed by atoms with van der Waals surface area (Å²) in [6, 6.07) is 7.28. The highest BCUT2D eigenvalue weighted by atomic mass is 16.5. The summed E-state index contributed by atoms with van der Waals surface area (Å²) in [7, 11) is 1.57. The Kier molecular flexibility index (Phi) is 3.25. The lowest BCUT2D eigenvalue weighted by Crippen LogP contribution is -2.14. The number of anilines is 1. The van der Waals surface area contributed by atoms with E-state index < -0.39 is 0 Å². The second-order valence-electron chi connectivity index (χ2n) is 2.47. The second-order valence-corrected chi connectivity index (χ2v) is 2.47. The molecule has 0 N–H and O–H groups in total. The first-order valence-corrected chi connectivity index (χ1v) is 4.07. The van der Waals surface area contributed by atoms with E-state index in [4.69, 9.17) is 4.74 Å².